The monoisotopic (exact) mass is 307 g/mol. The summed E-state index contributed by atoms with van der Waals surface area (Å²) in [6, 6.07) is 4.92. The van der Waals surface area contributed by atoms with Crippen LogP contribution in [-0.4, -0.2) is 55.1 Å². The molecule has 1 atom stereocenters. The minimum Gasteiger partial charge on any atom is -0.462 e. The maximum absolute atomic E-state index is 12.0. The Morgan fingerprint density at radius 2 is 2.18 bits per heavy atom. The molecule has 0 spiro atoms. The summed E-state index contributed by atoms with van der Waals surface area (Å²) in [6.07, 6.45) is 0. The lowest BCUT2D eigenvalue weighted by molar-refractivity contribution is -0.385. The summed E-state index contributed by atoms with van der Waals surface area (Å²) in [5, 5.41) is 11.1. The highest BCUT2D eigenvalue weighted by Crippen LogP contribution is 2.28. The molecule has 1 fully saturated rings. The molecular weight excluding hydrogens is 286 g/mol. The first-order chi connectivity index (χ1) is 10.4. The molecule has 1 aromatic rings. The van der Waals surface area contributed by atoms with Crippen molar-refractivity contribution in [3.05, 3.63) is 33.9 Å². The average Bonchev–Trinajstić information content (AvgIpc) is 2.46. The van der Waals surface area contributed by atoms with Crippen LogP contribution >= 0.6 is 0 Å². The summed E-state index contributed by atoms with van der Waals surface area (Å²) in [7, 11) is 2.06. The lowest BCUT2D eigenvalue weighted by Gasteiger charge is -2.39. The zero-order valence-electron chi connectivity index (χ0n) is 13.1. The Morgan fingerprint density at radius 3 is 2.77 bits per heavy atom. The molecule has 1 aromatic carbocycles. The van der Waals surface area contributed by atoms with Gasteiger partial charge in [0.1, 0.15) is 5.56 Å². The zero-order chi connectivity index (χ0) is 16.3. The number of likely N-dealkylation sites (N-methyl/N-ethyl adjacent to an activating group) is 1. The van der Waals surface area contributed by atoms with Gasteiger partial charge < -0.3 is 14.5 Å². The summed E-state index contributed by atoms with van der Waals surface area (Å²) in [5.41, 5.74) is 0.605. The Hall–Kier alpha value is -2.15. The van der Waals surface area contributed by atoms with Gasteiger partial charge in [0.15, 0.2) is 0 Å². The van der Waals surface area contributed by atoms with Gasteiger partial charge in [0, 0.05) is 37.4 Å². The van der Waals surface area contributed by atoms with Crippen molar-refractivity contribution in [2.24, 2.45) is 0 Å². The molecule has 1 heterocycles. The van der Waals surface area contributed by atoms with E-state index < -0.39 is 10.9 Å². The van der Waals surface area contributed by atoms with Crippen molar-refractivity contribution in [2.45, 2.75) is 19.9 Å². The molecule has 1 aliphatic rings. The Bertz CT molecular complexity index is 576. The molecule has 0 saturated carbocycles. The van der Waals surface area contributed by atoms with Crippen molar-refractivity contribution < 1.29 is 14.5 Å². The van der Waals surface area contributed by atoms with Crippen LogP contribution in [-0.2, 0) is 4.74 Å². The van der Waals surface area contributed by atoms with E-state index in [1.54, 1.807) is 19.1 Å². The summed E-state index contributed by atoms with van der Waals surface area (Å²) in [6.45, 7) is 6.60. The van der Waals surface area contributed by atoms with E-state index in [1.807, 2.05) is 0 Å². The van der Waals surface area contributed by atoms with Crippen LogP contribution in [0.4, 0.5) is 11.4 Å². The van der Waals surface area contributed by atoms with E-state index in [1.165, 1.54) is 6.07 Å². The lowest BCUT2D eigenvalue weighted by atomic mass is 10.1. The molecule has 0 unspecified atom stereocenters. The second kappa shape index (κ2) is 6.74. The van der Waals surface area contributed by atoms with Gasteiger partial charge in [-0.25, -0.2) is 4.79 Å². The largest absolute Gasteiger partial charge is 0.462 e. The number of hydrogen-bond donors (Lipinski definition) is 0. The lowest BCUT2D eigenvalue weighted by Crippen LogP contribution is -2.50. The second-order valence-corrected chi connectivity index (χ2v) is 5.48. The van der Waals surface area contributed by atoms with Gasteiger partial charge in [0.2, 0.25) is 0 Å². The SMILES string of the molecule is CCOC(=O)c1cc(N2CCN(C)C[C@@H]2C)ccc1[N+](=O)[O-]. The third-order valence-corrected chi connectivity index (χ3v) is 3.83. The number of nitro benzene ring substituents is 1. The molecular formula is C15H21N3O4. The van der Waals surface area contributed by atoms with Crippen LogP contribution in [0.1, 0.15) is 24.2 Å². The molecule has 0 bridgehead atoms. The molecule has 0 N–H and O–H groups in total. The Labute approximate surface area is 129 Å². The number of anilines is 1. The topological polar surface area (TPSA) is 75.9 Å². The minimum absolute atomic E-state index is 0.00970. The van der Waals surface area contributed by atoms with Crippen molar-refractivity contribution in [1.29, 1.82) is 0 Å². The number of benzene rings is 1. The first-order valence-corrected chi connectivity index (χ1v) is 7.34. The maximum Gasteiger partial charge on any atom is 0.345 e. The van der Waals surface area contributed by atoms with Crippen molar-refractivity contribution in [3.8, 4) is 0 Å². The molecule has 120 valence electrons. The Kier molecular flexibility index (Phi) is 4.97. The first kappa shape index (κ1) is 16.2. The summed E-state index contributed by atoms with van der Waals surface area (Å²) in [5.74, 6) is -0.655. The Morgan fingerprint density at radius 1 is 1.45 bits per heavy atom. The van der Waals surface area contributed by atoms with Crippen molar-refractivity contribution in [1.82, 2.24) is 4.90 Å². The van der Waals surface area contributed by atoms with E-state index >= 15 is 0 Å². The smallest absolute Gasteiger partial charge is 0.345 e. The number of esters is 1. The van der Waals surface area contributed by atoms with E-state index in [-0.39, 0.29) is 23.9 Å². The predicted octanol–water partition coefficient (Wildman–Crippen LogP) is 1.91. The van der Waals surface area contributed by atoms with Gasteiger partial charge in [-0.2, -0.15) is 0 Å². The molecule has 0 aromatic heterocycles. The normalized spacial score (nSPS) is 19.0. The summed E-state index contributed by atoms with van der Waals surface area (Å²) < 4.78 is 4.93. The molecule has 1 saturated heterocycles. The minimum atomic E-state index is -0.655. The predicted molar refractivity (Wildman–Crippen MR) is 83.4 cm³/mol. The number of nitrogens with zero attached hydrogens (tertiary/aromatic N) is 3. The second-order valence-electron chi connectivity index (χ2n) is 5.48. The Balaban J connectivity index is 2.36. The molecule has 0 amide bonds. The van der Waals surface area contributed by atoms with Crippen molar-refractivity contribution in [3.63, 3.8) is 0 Å². The fourth-order valence-electron chi connectivity index (χ4n) is 2.76. The van der Waals surface area contributed by atoms with Crippen LogP contribution in [0.3, 0.4) is 0 Å². The van der Waals surface area contributed by atoms with Gasteiger partial charge >= 0.3 is 5.97 Å². The van der Waals surface area contributed by atoms with Crippen molar-refractivity contribution >= 4 is 17.3 Å². The maximum atomic E-state index is 12.0. The van der Waals surface area contributed by atoms with E-state index in [0.717, 1.165) is 25.3 Å². The standard InChI is InChI=1S/C15H21N3O4/c1-4-22-15(19)13-9-12(5-6-14(13)18(20)21)17-8-7-16(3)10-11(17)2/h5-6,9,11H,4,7-8,10H2,1-3H3/t11-/m0/s1. The van der Waals surface area contributed by atoms with Gasteiger partial charge in [0.25, 0.3) is 5.69 Å². The van der Waals surface area contributed by atoms with Crippen LogP contribution < -0.4 is 4.90 Å². The van der Waals surface area contributed by atoms with Crippen LogP contribution in [0, 0.1) is 10.1 Å². The fraction of sp³-hybridized carbons (Fsp3) is 0.533. The van der Waals surface area contributed by atoms with Crippen LogP contribution in [0.2, 0.25) is 0 Å². The average molecular weight is 307 g/mol. The molecule has 0 radical (unpaired) electrons. The number of carbonyl (C=O) groups excluding carboxylic acids is 1. The number of piperazine rings is 1. The molecule has 22 heavy (non-hydrogen) atoms. The number of rotatable bonds is 4. The van der Waals surface area contributed by atoms with Crippen LogP contribution in [0.15, 0.2) is 18.2 Å². The number of hydrogen-bond acceptors (Lipinski definition) is 6. The zero-order valence-corrected chi connectivity index (χ0v) is 13.1. The van der Waals surface area contributed by atoms with Gasteiger partial charge in [-0.15, -0.1) is 0 Å². The highest BCUT2D eigenvalue weighted by molar-refractivity contribution is 5.95. The van der Waals surface area contributed by atoms with E-state index in [2.05, 4.69) is 23.8 Å². The van der Waals surface area contributed by atoms with Crippen LogP contribution in [0.5, 0.6) is 0 Å². The number of carbonyl (C=O) groups is 1. The van der Waals surface area contributed by atoms with Gasteiger partial charge in [-0.1, -0.05) is 0 Å². The van der Waals surface area contributed by atoms with E-state index in [9.17, 15) is 14.9 Å². The molecule has 7 heteroatoms. The van der Waals surface area contributed by atoms with Crippen LogP contribution in [0.25, 0.3) is 0 Å². The third kappa shape index (κ3) is 3.36. The molecule has 7 nitrogen and oxygen atoms in total. The van der Waals surface area contributed by atoms with E-state index in [4.69, 9.17) is 4.74 Å². The molecule has 1 aliphatic heterocycles. The summed E-state index contributed by atoms with van der Waals surface area (Å²) in [4.78, 5) is 26.9. The molecule has 2 rings (SSSR count). The quantitative estimate of drug-likeness (QED) is 0.480. The first-order valence-electron chi connectivity index (χ1n) is 7.34. The highest BCUT2D eigenvalue weighted by atomic mass is 16.6. The number of nitro groups is 1. The summed E-state index contributed by atoms with van der Waals surface area (Å²) >= 11 is 0. The highest BCUT2D eigenvalue weighted by Gasteiger charge is 2.26. The van der Waals surface area contributed by atoms with Gasteiger partial charge in [-0.3, -0.25) is 10.1 Å². The third-order valence-electron chi connectivity index (χ3n) is 3.83. The fourth-order valence-corrected chi connectivity index (χ4v) is 2.76. The molecule has 0 aliphatic carbocycles. The van der Waals surface area contributed by atoms with Gasteiger partial charge in [-0.05, 0) is 33.0 Å². The van der Waals surface area contributed by atoms with E-state index in [0.29, 0.717) is 0 Å². The number of ether oxygens (including phenoxy) is 1. The van der Waals surface area contributed by atoms with Crippen molar-refractivity contribution in [2.75, 3.05) is 38.2 Å². The van der Waals surface area contributed by atoms with Gasteiger partial charge in [0.05, 0.1) is 11.5 Å².